The Bertz CT molecular complexity index is 1950. The average Bonchev–Trinajstić information content (AvgIpc) is 3.44. The van der Waals surface area contributed by atoms with Crippen molar-refractivity contribution in [2.45, 2.75) is 59.5 Å². The second kappa shape index (κ2) is 18.9. The van der Waals surface area contributed by atoms with Gasteiger partial charge in [-0.15, -0.1) is 20.3 Å². The summed E-state index contributed by atoms with van der Waals surface area (Å²) < 4.78 is 22.0. The molecule has 0 aliphatic rings. The third-order valence-electron chi connectivity index (χ3n) is 7.40. The number of unbranched alkanes of at least 4 members (excludes halogenated alkanes) is 1. The van der Waals surface area contributed by atoms with Crippen molar-refractivity contribution in [3.05, 3.63) is 116 Å². The molecule has 0 saturated heterocycles. The maximum atomic E-state index is 13.2. The number of aromatic nitrogens is 2. The average molecular weight is 752 g/mol. The summed E-state index contributed by atoms with van der Waals surface area (Å²) in [6.45, 7) is 5.01. The number of ether oxygens (including phenoxy) is 4. The number of hydrogen-bond acceptors (Lipinski definition) is 13. The molecular weight excluding hydrogens is 714 g/mol. The van der Waals surface area contributed by atoms with E-state index in [1.54, 1.807) is 29.7 Å². The van der Waals surface area contributed by atoms with E-state index in [1.165, 1.54) is 25.1 Å². The summed E-state index contributed by atoms with van der Waals surface area (Å²) in [6.07, 6.45) is -1.04. The number of benzene rings is 3. The van der Waals surface area contributed by atoms with Crippen molar-refractivity contribution < 1.29 is 43.3 Å². The lowest BCUT2D eigenvalue weighted by molar-refractivity contribution is -0.763. The first-order valence-corrected chi connectivity index (χ1v) is 16.7. The number of amides is 1. The maximum absolute atomic E-state index is 13.2. The van der Waals surface area contributed by atoms with Gasteiger partial charge in [0.1, 0.15) is 18.2 Å². The van der Waals surface area contributed by atoms with E-state index >= 15 is 0 Å². The molecule has 1 amide bonds. The molecule has 17 nitrogen and oxygen atoms in total. The lowest BCUT2D eigenvalue weighted by atomic mass is 9.98. The molecule has 280 valence electrons. The van der Waals surface area contributed by atoms with Crippen LogP contribution in [0.2, 0.25) is 5.15 Å². The van der Waals surface area contributed by atoms with Crippen LogP contribution in [-0.2, 0) is 38.6 Å². The van der Waals surface area contributed by atoms with Gasteiger partial charge in [-0.25, -0.2) is 25.2 Å². The normalized spacial score (nSPS) is 11.7. The second-order valence-corrected chi connectivity index (χ2v) is 11.6. The zero-order valence-electron chi connectivity index (χ0n) is 29.1. The monoisotopic (exact) mass is 751 g/mol. The molecule has 0 saturated carbocycles. The molecule has 4 N–H and O–H groups in total. The van der Waals surface area contributed by atoms with Crippen LogP contribution in [0.5, 0.6) is 5.75 Å². The van der Waals surface area contributed by atoms with Crippen molar-refractivity contribution in [2.24, 2.45) is 16.7 Å². The van der Waals surface area contributed by atoms with Gasteiger partial charge in [0.2, 0.25) is 6.29 Å². The fourth-order valence-electron chi connectivity index (χ4n) is 4.99. The molecule has 1 unspecified atom stereocenters. The van der Waals surface area contributed by atoms with Gasteiger partial charge in [-0.05, 0) is 47.7 Å². The molecular formula is C35H38ClN7O10. The van der Waals surface area contributed by atoms with Gasteiger partial charge in [0, 0.05) is 25.5 Å². The number of amidine groups is 1. The zero-order valence-corrected chi connectivity index (χ0v) is 29.9. The lowest BCUT2D eigenvalue weighted by Crippen LogP contribution is -2.37. The number of esters is 1. The third kappa shape index (κ3) is 11.1. The predicted octanol–water partition coefficient (Wildman–Crippen LogP) is 5.97. The van der Waals surface area contributed by atoms with Crippen molar-refractivity contribution in [3.63, 3.8) is 0 Å². The molecule has 0 bridgehead atoms. The van der Waals surface area contributed by atoms with E-state index in [1.807, 2.05) is 43.3 Å². The molecule has 1 heterocycles. The number of nitrogens with two attached hydrogens (primary N) is 2. The molecule has 0 aliphatic carbocycles. The van der Waals surface area contributed by atoms with Gasteiger partial charge in [0.25, 0.3) is 5.09 Å². The summed E-state index contributed by atoms with van der Waals surface area (Å²) in [5.41, 5.74) is 9.40. The standard InChI is InChI=1S/C35H38ClN7O10/c1-4-6-14-29-39-31(36)30(33(44)51-22(3)52-35(46)49-5-2)41(29)20-23-15-17-25(18-16-23)27-12-7-8-13-28(27)32(37)40-42(38)34(45)53-26-11-9-10-24(19-26)21-50-43(47)48/h7-13,15-19,22H,4-6,14,20-21,38H2,1-3H3,(H2,37,40). The quantitative estimate of drug-likeness (QED) is 0.0197. The van der Waals surface area contributed by atoms with E-state index in [2.05, 4.69) is 14.9 Å². The Kier molecular flexibility index (Phi) is 14.1. The van der Waals surface area contributed by atoms with Crippen molar-refractivity contribution >= 4 is 35.7 Å². The third-order valence-corrected chi connectivity index (χ3v) is 7.66. The minimum atomic E-state index is -1.24. The number of hydrazine groups is 1. The molecule has 1 atom stereocenters. The Morgan fingerprint density at radius 2 is 1.77 bits per heavy atom. The van der Waals surface area contributed by atoms with Gasteiger partial charge in [-0.2, -0.15) is 0 Å². The molecule has 53 heavy (non-hydrogen) atoms. The van der Waals surface area contributed by atoms with Crippen LogP contribution in [0.4, 0.5) is 9.59 Å². The molecule has 4 rings (SSSR count). The van der Waals surface area contributed by atoms with Crippen LogP contribution in [0.1, 0.15) is 66.6 Å². The van der Waals surface area contributed by atoms with E-state index < -0.39 is 29.6 Å². The summed E-state index contributed by atoms with van der Waals surface area (Å²) in [7, 11) is 0. The number of halogens is 1. The maximum Gasteiger partial charge on any atom is 0.511 e. The topological polar surface area (TPSA) is 226 Å². The van der Waals surface area contributed by atoms with Gasteiger partial charge < -0.3 is 34.1 Å². The van der Waals surface area contributed by atoms with Crippen molar-refractivity contribution in [2.75, 3.05) is 6.61 Å². The van der Waals surface area contributed by atoms with Gasteiger partial charge >= 0.3 is 18.2 Å². The van der Waals surface area contributed by atoms with Crippen LogP contribution >= 0.6 is 11.6 Å². The summed E-state index contributed by atoms with van der Waals surface area (Å²) in [5, 5.41) is 14.0. The molecule has 0 aliphatic heterocycles. The fourth-order valence-corrected chi connectivity index (χ4v) is 5.27. The Balaban J connectivity index is 1.52. The number of aryl methyl sites for hydroxylation is 1. The van der Waals surface area contributed by atoms with E-state index in [4.69, 9.17) is 42.1 Å². The fraction of sp³-hybridized carbons (Fsp3) is 0.286. The number of rotatable bonds is 16. The highest BCUT2D eigenvalue weighted by Crippen LogP contribution is 2.27. The smallest absolute Gasteiger partial charge is 0.435 e. The van der Waals surface area contributed by atoms with Crippen molar-refractivity contribution in [1.29, 1.82) is 0 Å². The van der Waals surface area contributed by atoms with Gasteiger partial charge in [0.15, 0.2) is 16.7 Å². The minimum absolute atomic E-state index is 0.0110. The van der Waals surface area contributed by atoms with Crippen molar-refractivity contribution in [3.8, 4) is 16.9 Å². The Labute approximate surface area is 309 Å². The first kappa shape index (κ1) is 39.6. The van der Waals surface area contributed by atoms with Crippen LogP contribution < -0.4 is 16.3 Å². The lowest BCUT2D eigenvalue weighted by Gasteiger charge is -2.16. The highest BCUT2D eigenvalue weighted by molar-refractivity contribution is 6.32. The molecule has 18 heteroatoms. The Hall–Kier alpha value is -6.20. The first-order valence-electron chi connectivity index (χ1n) is 16.3. The summed E-state index contributed by atoms with van der Waals surface area (Å²) in [5.74, 6) is 5.59. The Morgan fingerprint density at radius 3 is 2.47 bits per heavy atom. The number of hydrazone groups is 1. The van der Waals surface area contributed by atoms with E-state index in [0.29, 0.717) is 34.1 Å². The van der Waals surface area contributed by atoms with Gasteiger partial charge in [-0.1, -0.05) is 85.6 Å². The molecule has 0 radical (unpaired) electrons. The highest BCUT2D eigenvalue weighted by atomic mass is 35.5. The van der Waals surface area contributed by atoms with Crippen LogP contribution in [0.15, 0.2) is 77.9 Å². The van der Waals surface area contributed by atoms with Gasteiger partial charge in [0.05, 0.1) is 6.61 Å². The van der Waals surface area contributed by atoms with Crippen LogP contribution in [-0.4, -0.2) is 56.7 Å². The van der Waals surface area contributed by atoms with E-state index in [9.17, 15) is 24.5 Å². The number of carbonyl (C=O) groups excluding carboxylic acids is 3. The SMILES string of the molecule is CCCCc1nc(Cl)c(C(=O)OC(C)OC(=O)OCC)n1Cc1ccc(-c2ccccc2/C(N)=N/N(N)C(=O)Oc2cccc(CO[N+](=O)[O-])c2)cc1. The number of hydrogen-bond donors (Lipinski definition) is 2. The summed E-state index contributed by atoms with van der Waals surface area (Å²) in [6, 6.07) is 20.4. The number of imidazole rings is 1. The van der Waals surface area contributed by atoms with Crippen LogP contribution in [0.25, 0.3) is 11.1 Å². The van der Waals surface area contributed by atoms with Gasteiger partial charge in [-0.3, -0.25) is 0 Å². The van der Waals surface area contributed by atoms with Crippen LogP contribution in [0.3, 0.4) is 0 Å². The number of carbonyl (C=O) groups is 3. The molecule has 1 aromatic heterocycles. The first-order chi connectivity index (χ1) is 25.4. The molecule has 4 aromatic rings. The van der Waals surface area contributed by atoms with Crippen molar-refractivity contribution in [1.82, 2.24) is 14.7 Å². The highest BCUT2D eigenvalue weighted by Gasteiger charge is 2.26. The summed E-state index contributed by atoms with van der Waals surface area (Å²) >= 11 is 6.45. The zero-order chi connectivity index (χ0) is 38.5. The van der Waals surface area contributed by atoms with E-state index in [0.717, 1.165) is 24.0 Å². The Morgan fingerprint density at radius 1 is 1.04 bits per heavy atom. The molecule has 0 spiro atoms. The molecule has 3 aromatic carbocycles. The number of nitrogens with zero attached hydrogens (tertiary/aromatic N) is 5. The minimum Gasteiger partial charge on any atom is -0.435 e. The molecule has 0 fully saturated rings. The largest absolute Gasteiger partial charge is 0.511 e. The van der Waals surface area contributed by atoms with Crippen LogP contribution in [0, 0.1) is 10.1 Å². The second-order valence-electron chi connectivity index (χ2n) is 11.2. The summed E-state index contributed by atoms with van der Waals surface area (Å²) in [4.78, 5) is 56.9. The van der Waals surface area contributed by atoms with E-state index in [-0.39, 0.29) is 42.2 Å². The predicted molar refractivity (Wildman–Crippen MR) is 191 cm³/mol.